The van der Waals surface area contributed by atoms with Crippen molar-refractivity contribution >= 4 is 22.8 Å². The normalized spacial score (nSPS) is 21.6. The number of nitrogens with zero attached hydrogens (tertiary/aromatic N) is 3. The number of imidazole rings is 1. The molecular weight excluding hydrogens is 412 g/mol. The van der Waals surface area contributed by atoms with Gasteiger partial charge in [0.25, 0.3) is 5.91 Å². The first kappa shape index (κ1) is 21.7. The van der Waals surface area contributed by atoms with Gasteiger partial charge in [-0.25, -0.2) is 4.98 Å². The van der Waals surface area contributed by atoms with E-state index in [1.807, 2.05) is 66.9 Å². The van der Waals surface area contributed by atoms with E-state index < -0.39 is 5.54 Å². The zero-order chi connectivity index (χ0) is 23.0. The van der Waals surface area contributed by atoms with Gasteiger partial charge in [0.2, 0.25) is 5.91 Å². The maximum atomic E-state index is 13.9. The molecule has 2 aromatic carbocycles. The topological polar surface area (TPSA) is 67.2 Å². The lowest BCUT2D eigenvalue weighted by Gasteiger charge is -2.44. The number of aromatic nitrogens is 2. The SMILES string of the molecule is Cc1ccccc1CN1C(=O)c2nc3ccccc3n2CC1(C)C(=O)NC1CCCCCC1. The molecular formula is C27H32N4O2. The molecule has 3 aromatic rings. The van der Waals surface area contributed by atoms with E-state index in [1.165, 1.54) is 12.8 Å². The minimum absolute atomic E-state index is 0.0697. The highest BCUT2D eigenvalue weighted by Gasteiger charge is 2.48. The van der Waals surface area contributed by atoms with Gasteiger partial charge < -0.3 is 14.8 Å². The summed E-state index contributed by atoms with van der Waals surface area (Å²) >= 11 is 0. The van der Waals surface area contributed by atoms with Crippen LogP contribution in [0.25, 0.3) is 11.0 Å². The minimum atomic E-state index is -1.01. The number of hydrogen-bond donors (Lipinski definition) is 1. The summed E-state index contributed by atoms with van der Waals surface area (Å²) in [5, 5.41) is 3.32. The molecule has 2 heterocycles. The van der Waals surface area contributed by atoms with E-state index in [4.69, 9.17) is 0 Å². The molecule has 1 N–H and O–H groups in total. The molecule has 0 saturated heterocycles. The first-order valence-electron chi connectivity index (χ1n) is 12.1. The molecule has 2 amide bonds. The smallest absolute Gasteiger partial charge is 0.291 e. The predicted octanol–water partition coefficient (Wildman–Crippen LogP) is 4.60. The van der Waals surface area contributed by atoms with Crippen molar-refractivity contribution in [1.29, 1.82) is 0 Å². The summed E-state index contributed by atoms with van der Waals surface area (Å²) in [5.41, 5.74) is 2.82. The summed E-state index contributed by atoms with van der Waals surface area (Å²) < 4.78 is 1.93. The lowest BCUT2D eigenvalue weighted by molar-refractivity contribution is -0.134. The van der Waals surface area contributed by atoms with Crippen LogP contribution in [0.3, 0.4) is 0 Å². The molecule has 172 valence electrons. The Kier molecular flexibility index (Phi) is 5.69. The van der Waals surface area contributed by atoms with Crippen LogP contribution in [0.5, 0.6) is 0 Å². The Morgan fingerprint density at radius 3 is 2.52 bits per heavy atom. The molecule has 1 unspecified atom stereocenters. The molecule has 6 nitrogen and oxygen atoms in total. The van der Waals surface area contributed by atoms with Crippen molar-refractivity contribution in [3.05, 3.63) is 65.5 Å². The van der Waals surface area contributed by atoms with Crippen LogP contribution >= 0.6 is 0 Å². The molecule has 0 radical (unpaired) electrons. The number of carbonyl (C=O) groups excluding carboxylic acids is 2. The molecule has 1 saturated carbocycles. The van der Waals surface area contributed by atoms with Crippen LogP contribution in [0.2, 0.25) is 0 Å². The van der Waals surface area contributed by atoms with Crippen molar-refractivity contribution in [2.24, 2.45) is 0 Å². The molecule has 1 aliphatic heterocycles. The predicted molar refractivity (Wildman–Crippen MR) is 129 cm³/mol. The van der Waals surface area contributed by atoms with Gasteiger partial charge in [-0.2, -0.15) is 0 Å². The van der Waals surface area contributed by atoms with E-state index >= 15 is 0 Å². The molecule has 5 rings (SSSR count). The fraction of sp³-hybridized carbons (Fsp3) is 0.444. The molecule has 1 fully saturated rings. The second-order valence-corrected chi connectivity index (χ2v) is 9.76. The number of rotatable bonds is 4. The summed E-state index contributed by atoms with van der Waals surface area (Å²) in [5.74, 6) is 0.142. The van der Waals surface area contributed by atoms with E-state index in [9.17, 15) is 9.59 Å². The van der Waals surface area contributed by atoms with E-state index in [2.05, 4.69) is 10.3 Å². The summed E-state index contributed by atoms with van der Waals surface area (Å²) in [6.45, 7) is 4.72. The molecule has 0 spiro atoms. The molecule has 1 aromatic heterocycles. The Bertz CT molecular complexity index is 1190. The lowest BCUT2D eigenvalue weighted by Crippen LogP contribution is -2.64. The quantitative estimate of drug-likeness (QED) is 0.598. The van der Waals surface area contributed by atoms with Crippen molar-refractivity contribution in [2.45, 2.75) is 77.0 Å². The van der Waals surface area contributed by atoms with Crippen LogP contribution in [0.4, 0.5) is 0 Å². The average Bonchev–Trinajstić information content (AvgIpc) is 2.98. The summed E-state index contributed by atoms with van der Waals surface area (Å²) in [6, 6.07) is 16.0. The van der Waals surface area contributed by atoms with Crippen molar-refractivity contribution in [1.82, 2.24) is 19.8 Å². The average molecular weight is 445 g/mol. The van der Waals surface area contributed by atoms with E-state index in [1.54, 1.807) is 4.90 Å². The first-order valence-corrected chi connectivity index (χ1v) is 12.1. The molecule has 6 heteroatoms. The van der Waals surface area contributed by atoms with Gasteiger partial charge in [0.05, 0.1) is 17.6 Å². The van der Waals surface area contributed by atoms with Crippen molar-refractivity contribution in [3.8, 4) is 0 Å². The molecule has 0 bridgehead atoms. The third-order valence-corrected chi connectivity index (χ3v) is 7.42. The van der Waals surface area contributed by atoms with Crippen LogP contribution in [0, 0.1) is 6.92 Å². The van der Waals surface area contributed by atoms with Gasteiger partial charge in [-0.3, -0.25) is 9.59 Å². The van der Waals surface area contributed by atoms with Gasteiger partial charge in [0.1, 0.15) is 5.54 Å². The van der Waals surface area contributed by atoms with E-state index in [0.717, 1.165) is 47.8 Å². The van der Waals surface area contributed by atoms with Crippen molar-refractivity contribution in [3.63, 3.8) is 0 Å². The number of aryl methyl sites for hydroxylation is 1. The fourth-order valence-electron chi connectivity index (χ4n) is 5.30. The Balaban J connectivity index is 1.55. The third kappa shape index (κ3) is 3.92. The highest BCUT2D eigenvalue weighted by molar-refractivity contribution is 6.01. The van der Waals surface area contributed by atoms with Crippen LogP contribution in [-0.2, 0) is 17.9 Å². The van der Waals surface area contributed by atoms with Gasteiger partial charge in [-0.1, -0.05) is 62.1 Å². The second-order valence-electron chi connectivity index (χ2n) is 9.76. The molecule has 1 atom stereocenters. The van der Waals surface area contributed by atoms with Gasteiger partial charge in [-0.05, 0) is 49.9 Å². The van der Waals surface area contributed by atoms with Crippen LogP contribution in [0.1, 0.15) is 67.2 Å². The largest absolute Gasteiger partial charge is 0.351 e. The summed E-state index contributed by atoms with van der Waals surface area (Å²) in [6.07, 6.45) is 6.76. The van der Waals surface area contributed by atoms with Gasteiger partial charge in [0, 0.05) is 12.6 Å². The molecule has 1 aliphatic carbocycles. The Morgan fingerprint density at radius 1 is 1.06 bits per heavy atom. The van der Waals surface area contributed by atoms with Crippen LogP contribution in [-0.4, -0.2) is 37.8 Å². The zero-order valence-electron chi connectivity index (χ0n) is 19.5. The summed E-state index contributed by atoms with van der Waals surface area (Å²) in [4.78, 5) is 34.1. The number of benzene rings is 2. The highest BCUT2D eigenvalue weighted by atomic mass is 16.2. The maximum Gasteiger partial charge on any atom is 0.291 e. The van der Waals surface area contributed by atoms with Crippen LogP contribution in [0.15, 0.2) is 48.5 Å². The molecule has 33 heavy (non-hydrogen) atoms. The Hall–Kier alpha value is -3.15. The third-order valence-electron chi connectivity index (χ3n) is 7.42. The van der Waals surface area contributed by atoms with Crippen molar-refractivity contribution < 1.29 is 9.59 Å². The van der Waals surface area contributed by atoms with Crippen molar-refractivity contribution in [2.75, 3.05) is 0 Å². The fourth-order valence-corrected chi connectivity index (χ4v) is 5.30. The Morgan fingerprint density at radius 2 is 1.76 bits per heavy atom. The van der Waals surface area contributed by atoms with Gasteiger partial charge in [0.15, 0.2) is 5.82 Å². The van der Waals surface area contributed by atoms with E-state index in [0.29, 0.717) is 18.9 Å². The standard InChI is InChI=1S/C27H32N4O2/c1-19-11-7-8-12-20(19)17-31-25(32)24-29-22-15-9-10-16-23(22)30(24)18-27(31,2)26(33)28-21-13-5-3-4-6-14-21/h7-12,15-16,21H,3-6,13-14,17-18H2,1-2H3,(H,28,33). The first-order chi connectivity index (χ1) is 16.0. The zero-order valence-corrected chi connectivity index (χ0v) is 19.5. The monoisotopic (exact) mass is 444 g/mol. The highest BCUT2D eigenvalue weighted by Crippen LogP contribution is 2.33. The lowest BCUT2D eigenvalue weighted by atomic mass is 9.93. The second kappa shape index (κ2) is 8.65. The number of nitrogens with one attached hydrogen (secondary N) is 1. The Labute approximate surface area is 195 Å². The number of para-hydroxylation sites is 2. The number of carbonyl (C=O) groups is 2. The number of amides is 2. The van der Waals surface area contributed by atoms with Gasteiger partial charge >= 0.3 is 0 Å². The molecule has 2 aliphatic rings. The number of hydrogen-bond acceptors (Lipinski definition) is 3. The number of fused-ring (bicyclic) bond motifs is 3. The van der Waals surface area contributed by atoms with Gasteiger partial charge in [-0.15, -0.1) is 0 Å². The maximum absolute atomic E-state index is 13.9. The minimum Gasteiger partial charge on any atom is -0.351 e. The summed E-state index contributed by atoms with van der Waals surface area (Å²) in [7, 11) is 0. The van der Waals surface area contributed by atoms with E-state index in [-0.39, 0.29) is 17.9 Å². The van der Waals surface area contributed by atoms with Crippen LogP contribution < -0.4 is 5.32 Å².